The molecule has 1 N–H and O–H groups in total. The molecule has 0 bridgehead atoms. The predicted octanol–water partition coefficient (Wildman–Crippen LogP) is 0.865. The van der Waals surface area contributed by atoms with Crippen molar-refractivity contribution in [1.82, 2.24) is 4.90 Å². The number of carbonyl (C=O) groups is 1. The Balaban J connectivity index is 1.84. The van der Waals surface area contributed by atoms with Crippen molar-refractivity contribution in [3.05, 3.63) is 0 Å². The van der Waals surface area contributed by atoms with Crippen molar-refractivity contribution in [2.45, 2.75) is 37.0 Å². The van der Waals surface area contributed by atoms with E-state index in [1.807, 2.05) is 0 Å². The number of carbonyl (C=O) groups excluding carboxylic acids is 1. The third-order valence-corrected chi connectivity index (χ3v) is 4.19. The SMILES string of the molecule is CC1(O)CN(C(=O)C2CCCCS2)C1. The predicted molar refractivity (Wildman–Crippen MR) is 57.3 cm³/mol. The number of amides is 1. The van der Waals surface area contributed by atoms with Gasteiger partial charge in [0, 0.05) is 0 Å². The molecule has 2 saturated heterocycles. The lowest BCUT2D eigenvalue weighted by atomic mass is 9.96. The summed E-state index contributed by atoms with van der Waals surface area (Å²) >= 11 is 1.78. The van der Waals surface area contributed by atoms with E-state index in [9.17, 15) is 9.90 Å². The second-order valence-electron chi connectivity index (χ2n) is 4.55. The summed E-state index contributed by atoms with van der Waals surface area (Å²) in [7, 11) is 0. The zero-order valence-corrected chi connectivity index (χ0v) is 9.35. The minimum atomic E-state index is -0.630. The highest BCUT2D eigenvalue weighted by Gasteiger charge is 2.41. The first-order chi connectivity index (χ1) is 6.58. The molecule has 4 heteroatoms. The van der Waals surface area contributed by atoms with E-state index in [0.717, 1.165) is 12.2 Å². The number of aliphatic hydroxyl groups is 1. The summed E-state index contributed by atoms with van der Waals surface area (Å²) in [6.45, 7) is 2.82. The molecule has 2 fully saturated rings. The Morgan fingerprint density at radius 1 is 1.50 bits per heavy atom. The van der Waals surface area contributed by atoms with Crippen LogP contribution in [-0.4, -0.2) is 45.6 Å². The van der Waals surface area contributed by atoms with Crippen LogP contribution in [0.15, 0.2) is 0 Å². The Hall–Kier alpha value is -0.220. The van der Waals surface area contributed by atoms with Gasteiger partial charge in [-0.3, -0.25) is 4.79 Å². The molecular formula is C10H17NO2S. The molecule has 0 spiro atoms. The van der Waals surface area contributed by atoms with Crippen molar-refractivity contribution in [2.24, 2.45) is 0 Å². The summed E-state index contributed by atoms with van der Waals surface area (Å²) in [6.07, 6.45) is 3.43. The van der Waals surface area contributed by atoms with E-state index in [1.165, 1.54) is 12.8 Å². The second kappa shape index (κ2) is 3.74. The highest BCUT2D eigenvalue weighted by Crippen LogP contribution is 2.29. The summed E-state index contributed by atoms with van der Waals surface area (Å²) in [6, 6.07) is 0. The van der Waals surface area contributed by atoms with Crippen LogP contribution in [0.3, 0.4) is 0 Å². The van der Waals surface area contributed by atoms with Gasteiger partial charge in [-0.15, -0.1) is 11.8 Å². The van der Waals surface area contributed by atoms with Gasteiger partial charge >= 0.3 is 0 Å². The zero-order chi connectivity index (χ0) is 10.2. The van der Waals surface area contributed by atoms with E-state index in [0.29, 0.717) is 13.1 Å². The Kier molecular flexibility index (Phi) is 2.75. The molecule has 0 aromatic heterocycles. The fraction of sp³-hybridized carbons (Fsp3) is 0.900. The van der Waals surface area contributed by atoms with Gasteiger partial charge in [-0.1, -0.05) is 6.42 Å². The maximum absolute atomic E-state index is 11.9. The molecule has 1 unspecified atom stereocenters. The van der Waals surface area contributed by atoms with Crippen LogP contribution in [0.4, 0.5) is 0 Å². The molecule has 1 atom stereocenters. The number of likely N-dealkylation sites (tertiary alicyclic amines) is 1. The van der Waals surface area contributed by atoms with E-state index in [1.54, 1.807) is 23.6 Å². The molecule has 2 aliphatic rings. The van der Waals surface area contributed by atoms with Crippen LogP contribution in [0.2, 0.25) is 0 Å². The molecule has 2 rings (SSSR count). The molecule has 3 nitrogen and oxygen atoms in total. The van der Waals surface area contributed by atoms with Gasteiger partial charge < -0.3 is 10.0 Å². The largest absolute Gasteiger partial charge is 0.386 e. The third kappa shape index (κ3) is 2.06. The van der Waals surface area contributed by atoms with Gasteiger partial charge in [-0.2, -0.15) is 0 Å². The van der Waals surface area contributed by atoms with Crippen molar-refractivity contribution < 1.29 is 9.90 Å². The van der Waals surface area contributed by atoms with Gasteiger partial charge in [-0.25, -0.2) is 0 Å². The Morgan fingerprint density at radius 3 is 2.71 bits per heavy atom. The van der Waals surface area contributed by atoms with Crippen LogP contribution < -0.4 is 0 Å². The van der Waals surface area contributed by atoms with Crippen LogP contribution in [0, 0.1) is 0 Å². The Morgan fingerprint density at radius 2 is 2.21 bits per heavy atom. The summed E-state index contributed by atoms with van der Waals surface area (Å²) in [4.78, 5) is 13.6. The topological polar surface area (TPSA) is 40.5 Å². The van der Waals surface area contributed by atoms with E-state index in [2.05, 4.69) is 0 Å². The third-order valence-electron chi connectivity index (χ3n) is 2.83. The quantitative estimate of drug-likeness (QED) is 0.705. The number of rotatable bonds is 1. The molecule has 0 aromatic carbocycles. The van der Waals surface area contributed by atoms with Gasteiger partial charge in [0.05, 0.1) is 23.9 Å². The first-order valence-electron chi connectivity index (χ1n) is 5.21. The van der Waals surface area contributed by atoms with Crippen LogP contribution in [-0.2, 0) is 4.79 Å². The monoisotopic (exact) mass is 215 g/mol. The van der Waals surface area contributed by atoms with E-state index < -0.39 is 5.60 Å². The number of nitrogens with zero attached hydrogens (tertiary/aromatic N) is 1. The zero-order valence-electron chi connectivity index (χ0n) is 8.53. The average Bonchev–Trinajstić information content (AvgIpc) is 2.14. The molecule has 80 valence electrons. The molecule has 0 saturated carbocycles. The normalized spacial score (nSPS) is 31.0. The summed E-state index contributed by atoms with van der Waals surface area (Å²) < 4.78 is 0. The number of hydrogen-bond acceptors (Lipinski definition) is 3. The van der Waals surface area contributed by atoms with Gasteiger partial charge in [-0.05, 0) is 25.5 Å². The lowest BCUT2D eigenvalue weighted by Gasteiger charge is -2.45. The standard InChI is InChI=1S/C10H17NO2S/c1-10(13)6-11(7-10)9(12)8-4-2-3-5-14-8/h8,13H,2-7H2,1H3. The Bertz CT molecular complexity index is 228. The highest BCUT2D eigenvalue weighted by molar-refractivity contribution is 8.00. The second-order valence-corrected chi connectivity index (χ2v) is 5.86. The van der Waals surface area contributed by atoms with Crippen LogP contribution in [0.1, 0.15) is 26.2 Å². The van der Waals surface area contributed by atoms with Crippen molar-refractivity contribution in [1.29, 1.82) is 0 Å². The maximum Gasteiger partial charge on any atom is 0.235 e. The molecule has 2 heterocycles. The smallest absolute Gasteiger partial charge is 0.235 e. The molecular weight excluding hydrogens is 198 g/mol. The molecule has 0 aromatic rings. The van der Waals surface area contributed by atoms with Crippen LogP contribution in [0.25, 0.3) is 0 Å². The number of thioether (sulfide) groups is 1. The molecule has 0 aliphatic carbocycles. The van der Waals surface area contributed by atoms with Gasteiger partial charge in [0.1, 0.15) is 0 Å². The lowest BCUT2D eigenvalue weighted by Crippen LogP contribution is -2.63. The van der Waals surface area contributed by atoms with Crippen molar-refractivity contribution in [3.8, 4) is 0 Å². The lowest BCUT2D eigenvalue weighted by molar-refractivity contribution is -0.151. The van der Waals surface area contributed by atoms with Gasteiger partial charge in [0.2, 0.25) is 5.91 Å². The van der Waals surface area contributed by atoms with E-state index in [-0.39, 0.29) is 11.2 Å². The fourth-order valence-corrected chi connectivity index (χ4v) is 3.35. The Labute approximate surface area is 88.9 Å². The number of β-amino-alcohol motifs (C(OH)–C–C–N with tert-alkyl or cyclic N) is 1. The average molecular weight is 215 g/mol. The number of hydrogen-bond donors (Lipinski definition) is 1. The summed E-state index contributed by atoms with van der Waals surface area (Å²) in [5.74, 6) is 1.35. The molecule has 1 amide bonds. The summed E-state index contributed by atoms with van der Waals surface area (Å²) in [5.41, 5.74) is -0.630. The van der Waals surface area contributed by atoms with E-state index >= 15 is 0 Å². The maximum atomic E-state index is 11.9. The summed E-state index contributed by atoms with van der Waals surface area (Å²) in [5, 5.41) is 9.70. The fourth-order valence-electron chi connectivity index (χ4n) is 2.07. The van der Waals surface area contributed by atoms with Gasteiger partial charge in [0.15, 0.2) is 0 Å². The molecule has 14 heavy (non-hydrogen) atoms. The first-order valence-corrected chi connectivity index (χ1v) is 6.26. The van der Waals surface area contributed by atoms with Gasteiger partial charge in [0.25, 0.3) is 0 Å². The molecule has 2 aliphatic heterocycles. The first kappa shape index (κ1) is 10.3. The molecule has 0 radical (unpaired) electrons. The minimum absolute atomic E-state index is 0.167. The minimum Gasteiger partial charge on any atom is -0.386 e. The highest BCUT2D eigenvalue weighted by atomic mass is 32.2. The van der Waals surface area contributed by atoms with Crippen molar-refractivity contribution in [2.75, 3.05) is 18.8 Å². The van der Waals surface area contributed by atoms with Crippen molar-refractivity contribution in [3.63, 3.8) is 0 Å². The van der Waals surface area contributed by atoms with Crippen LogP contribution in [0.5, 0.6) is 0 Å². The van der Waals surface area contributed by atoms with E-state index in [4.69, 9.17) is 0 Å². The van der Waals surface area contributed by atoms with Crippen molar-refractivity contribution >= 4 is 17.7 Å². The van der Waals surface area contributed by atoms with Crippen LogP contribution >= 0.6 is 11.8 Å².